The molecule has 2 fully saturated rings. The molecule has 1 aliphatic carbocycles. The van der Waals surface area contributed by atoms with Gasteiger partial charge in [0.25, 0.3) is 0 Å². The molecule has 1 saturated heterocycles. The molecule has 6 rings (SSSR count). The second-order valence-electron chi connectivity index (χ2n) is 9.86. The van der Waals surface area contributed by atoms with Crippen LogP contribution in [0.25, 0.3) is 22.3 Å². The van der Waals surface area contributed by atoms with Gasteiger partial charge in [0.05, 0.1) is 29.1 Å². The Morgan fingerprint density at radius 1 is 1.03 bits per heavy atom. The lowest BCUT2D eigenvalue weighted by Crippen LogP contribution is -2.31. The van der Waals surface area contributed by atoms with E-state index in [0.29, 0.717) is 28.9 Å². The molecule has 0 unspecified atom stereocenters. The highest BCUT2D eigenvalue weighted by molar-refractivity contribution is 5.83. The molecule has 0 atom stereocenters. The van der Waals surface area contributed by atoms with E-state index in [4.69, 9.17) is 19.7 Å². The molecule has 0 radical (unpaired) electrons. The first kappa shape index (κ1) is 21.8. The first-order valence-corrected chi connectivity index (χ1v) is 12.1. The first-order valence-electron chi connectivity index (χ1n) is 12.1. The molecule has 0 bridgehead atoms. The SMILES string of the molecule is Cc1ncc(-c2ccc3nc(Nc4cnn(C5CCN(C)CC5)c4)nc(OC4(C)CC4)c3n2)cn1. The van der Waals surface area contributed by atoms with Crippen LogP contribution in [-0.2, 0) is 0 Å². The summed E-state index contributed by atoms with van der Waals surface area (Å²) in [6.07, 6.45) is 11.6. The Labute approximate surface area is 203 Å². The van der Waals surface area contributed by atoms with Gasteiger partial charge in [-0.25, -0.2) is 19.9 Å². The summed E-state index contributed by atoms with van der Waals surface area (Å²) >= 11 is 0. The van der Waals surface area contributed by atoms with Crippen molar-refractivity contribution in [3.63, 3.8) is 0 Å². The average Bonchev–Trinajstić information content (AvgIpc) is 3.40. The zero-order chi connectivity index (χ0) is 24.0. The third kappa shape index (κ3) is 4.66. The highest BCUT2D eigenvalue weighted by Crippen LogP contribution is 2.41. The molecule has 1 saturated carbocycles. The van der Waals surface area contributed by atoms with Gasteiger partial charge in [-0.2, -0.15) is 10.1 Å². The number of anilines is 2. The second kappa shape index (κ2) is 8.53. The lowest BCUT2D eigenvalue weighted by atomic mass is 10.1. The summed E-state index contributed by atoms with van der Waals surface area (Å²) in [4.78, 5) is 25.2. The van der Waals surface area contributed by atoms with Crippen molar-refractivity contribution in [3.8, 4) is 17.1 Å². The van der Waals surface area contributed by atoms with Gasteiger partial charge in [-0.15, -0.1) is 0 Å². The predicted molar refractivity (Wildman–Crippen MR) is 133 cm³/mol. The van der Waals surface area contributed by atoms with E-state index >= 15 is 0 Å². The molecule has 0 amide bonds. The minimum atomic E-state index is -0.206. The summed E-state index contributed by atoms with van der Waals surface area (Å²) in [7, 11) is 2.16. The number of aryl methyl sites for hydroxylation is 1. The van der Waals surface area contributed by atoms with Gasteiger partial charge >= 0.3 is 0 Å². The Kier molecular flexibility index (Phi) is 5.32. The number of ether oxygens (including phenoxy) is 1. The predicted octanol–water partition coefficient (Wildman–Crippen LogP) is 3.93. The molecular formula is C25H29N9O. The second-order valence-corrected chi connectivity index (χ2v) is 9.86. The zero-order valence-corrected chi connectivity index (χ0v) is 20.3. The summed E-state index contributed by atoms with van der Waals surface area (Å²) in [5.41, 5.74) is 3.58. The van der Waals surface area contributed by atoms with E-state index in [-0.39, 0.29) is 5.60 Å². The van der Waals surface area contributed by atoms with E-state index in [1.807, 2.05) is 31.5 Å². The maximum Gasteiger partial charge on any atom is 0.246 e. The zero-order valence-electron chi connectivity index (χ0n) is 20.3. The number of pyridine rings is 1. The third-order valence-electron chi connectivity index (χ3n) is 6.80. The Morgan fingerprint density at radius 2 is 1.80 bits per heavy atom. The molecule has 35 heavy (non-hydrogen) atoms. The van der Waals surface area contributed by atoms with E-state index < -0.39 is 0 Å². The number of hydrogen-bond acceptors (Lipinski definition) is 9. The van der Waals surface area contributed by atoms with Crippen LogP contribution in [0.1, 0.15) is 44.5 Å². The van der Waals surface area contributed by atoms with E-state index in [1.165, 1.54) is 0 Å². The van der Waals surface area contributed by atoms with E-state index in [9.17, 15) is 0 Å². The van der Waals surface area contributed by atoms with E-state index in [1.54, 1.807) is 12.4 Å². The Bertz CT molecular complexity index is 1360. The average molecular weight is 472 g/mol. The number of aromatic nitrogens is 7. The quantitative estimate of drug-likeness (QED) is 0.447. The maximum absolute atomic E-state index is 6.31. The molecule has 5 heterocycles. The largest absolute Gasteiger partial charge is 0.470 e. The molecule has 10 nitrogen and oxygen atoms in total. The highest BCUT2D eigenvalue weighted by atomic mass is 16.5. The van der Waals surface area contributed by atoms with Crippen molar-refractivity contribution in [2.24, 2.45) is 0 Å². The molecule has 180 valence electrons. The smallest absolute Gasteiger partial charge is 0.246 e. The van der Waals surface area contributed by atoms with Crippen molar-refractivity contribution >= 4 is 22.7 Å². The Morgan fingerprint density at radius 3 is 2.54 bits per heavy atom. The van der Waals surface area contributed by atoms with Gasteiger partial charge in [0, 0.05) is 24.2 Å². The van der Waals surface area contributed by atoms with Crippen molar-refractivity contribution < 1.29 is 4.74 Å². The Balaban J connectivity index is 1.31. The summed E-state index contributed by atoms with van der Waals surface area (Å²) < 4.78 is 8.37. The minimum absolute atomic E-state index is 0.206. The van der Waals surface area contributed by atoms with Crippen LogP contribution in [0, 0.1) is 6.92 Å². The van der Waals surface area contributed by atoms with Gasteiger partial charge in [-0.3, -0.25) is 4.68 Å². The van der Waals surface area contributed by atoms with E-state index in [2.05, 4.69) is 43.9 Å². The lowest BCUT2D eigenvalue weighted by Gasteiger charge is -2.28. The fourth-order valence-electron chi connectivity index (χ4n) is 4.30. The molecule has 4 aromatic rings. The maximum atomic E-state index is 6.31. The summed E-state index contributed by atoms with van der Waals surface area (Å²) in [5.74, 6) is 1.67. The number of nitrogens with one attached hydrogen (secondary N) is 1. The van der Waals surface area contributed by atoms with Crippen molar-refractivity contribution in [1.82, 2.24) is 39.6 Å². The normalized spacial score (nSPS) is 18.0. The molecule has 1 N–H and O–H groups in total. The first-order chi connectivity index (χ1) is 16.9. The van der Waals surface area contributed by atoms with Crippen LogP contribution in [0.4, 0.5) is 11.6 Å². The number of fused-ring (bicyclic) bond motifs is 1. The molecule has 1 aliphatic heterocycles. The van der Waals surface area contributed by atoms with Crippen LogP contribution < -0.4 is 10.1 Å². The molecule has 0 spiro atoms. The monoisotopic (exact) mass is 471 g/mol. The van der Waals surface area contributed by atoms with Gasteiger partial charge in [0.1, 0.15) is 11.4 Å². The van der Waals surface area contributed by atoms with Crippen molar-refractivity contribution in [3.05, 3.63) is 42.7 Å². The molecule has 2 aliphatic rings. The van der Waals surface area contributed by atoms with Crippen molar-refractivity contribution in [2.45, 2.75) is 51.2 Å². The molecular weight excluding hydrogens is 442 g/mol. The van der Waals surface area contributed by atoms with Crippen molar-refractivity contribution in [1.29, 1.82) is 0 Å². The minimum Gasteiger partial charge on any atom is -0.470 e. The molecule has 0 aromatic carbocycles. The van der Waals surface area contributed by atoms with Crippen molar-refractivity contribution in [2.75, 3.05) is 25.5 Å². The third-order valence-corrected chi connectivity index (χ3v) is 6.80. The van der Waals surface area contributed by atoms with Gasteiger partial charge in [-0.05, 0) is 71.8 Å². The standard InChI is InChI=1S/C25H29N9O/c1-16-26-12-17(13-27-16)20-4-5-21-22(30-20)23(35-25(2)8-9-25)32-24(31-21)29-18-14-28-34(15-18)19-6-10-33(3)11-7-19/h4-5,12-15,19H,6-11H2,1-3H3,(H,29,31,32). The van der Waals surface area contributed by atoms with Gasteiger partial charge < -0.3 is 15.0 Å². The van der Waals surface area contributed by atoms with E-state index in [0.717, 1.165) is 61.5 Å². The van der Waals surface area contributed by atoms with Crippen LogP contribution >= 0.6 is 0 Å². The number of nitrogens with zero attached hydrogens (tertiary/aromatic N) is 8. The van der Waals surface area contributed by atoms with Crippen LogP contribution in [0.3, 0.4) is 0 Å². The van der Waals surface area contributed by atoms with Gasteiger partial charge in [0.15, 0.2) is 5.52 Å². The van der Waals surface area contributed by atoms with Crippen LogP contribution in [0.15, 0.2) is 36.9 Å². The Hall–Kier alpha value is -3.66. The molecule has 10 heteroatoms. The number of rotatable bonds is 6. The van der Waals surface area contributed by atoms with Gasteiger partial charge in [0.2, 0.25) is 11.8 Å². The van der Waals surface area contributed by atoms with Crippen LogP contribution in [0.2, 0.25) is 0 Å². The summed E-state index contributed by atoms with van der Waals surface area (Å²) in [6.45, 7) is 6.13. The number of hydrogen-bond donors (Lipinski definition) is 1. The fourth-order valence-corrected chi connectivity index (χ4v) is 4.30. The number of piperidine rings is 1. The van der Waals surface area contributed by atoms with Crippen LogP contribution in [0.5, 0.6) is 5.88 Å². The van der Waals surface area contributed by atoms with Gasteiger partial charge in [-0.1, -0.05) is 0 Å². The molecule has 4 aromatic heterocycles. The lowest BCUT2D eigenvalue weighted by molar-refractivity contribution is 0.194. The fraction of sp³-hybridized carbons (Fsp3) is 0.440. The summed E-state index contributed by atoms with van der Waals surface area (Å²) in [6, 6.07) is 4.28. The van der Waals surface area contributed by atoms with Crippen LogP contribution in [-0.4, -0.2) is 65.3 Å². The number of likely N-dealkylation sites (tertiary alicyclic amines) is 1. The highest BCUT2D eigenvalue weighted by Gasteiger charge is 2.41. The summed E-state index contributed by atoms with van der Waals surface area (Å²) in [5, 5.41) is 7.91. The topological polar surface area (TPSA) is 107 Å².